The standard InChI is InChI=1S/C20H34N6O8.2Gd/c1-10(2)8-14(23-11(3)27)19(33)26-15(9-16(30)31)18(32)21-6-7-22-20(34)17(24-12(4)28)25-13(5)29;;/h10,14-15,17-18,21,32H,4-9H2,1-3H3,(H,22,34)(H,23,27)(H,24,28)(H,25,29)(H,26,33)(H,30,31);;/q-2;;/t14-,15-,18+;;/m0../s1. The maximum absolute atomic E-state index is 12.6. The molecule has 14 nitrogen and oxygen atoms in total. The van der Waals surface area contributed by atoms with Crippen molar-refractivity contribution in [3.8, 4) is 0 Å². The van der Waals surface area contributed by atoms with Crippen LogP contribution in [0.15, 0.2) is 0 Å². The van der Waals surface area contributed by atoms with Crippen LogP contribution in [0.2, 0.25) is 0 Å². The number of carbonyl (C=O) groups excluding carboxylic acids is 5. The monoisotopic (exact) mass is 802 g/mol. The van der Waals surface area contributed by atoms with Gasteiger partial charge in [-0.05, 0) is 12.3 Å². The molecule has 0 aliphatic heterocycles. The zero-order valence-corrected chi connectivity index (χ0v) is 24.7. The van der Waals surface area contributed by atoms with E-state index in [-0.39, 0.29) is 98.9 Å². The van der Waals surface area contributed by atoms with E-state index in [2.05, 4.69) is 45.7 Å². The average Bonchev–Trinajstić information content (AvgIpc) is 2.67. The quantitative estimate of drug-likeness (QED) is 0.0474. The van der Waals surface area contributed by atoms with Gasteiger partial charge in [0.15, 0.2) is 6.17 Å². The molecule has 0 radical (unpaired) electrons. The second-order valence-corrected chi connectivity index (χ2v) is 7.85. The van der Waals surface area contributed by atoms with E-state index in [1.807, 2.05) is 13.8 Å². The normalized spacial score (nSPS) is 12.6. The van der Waals surface area contributed by atoms with Gasteiger partial charge in [-0.15, -0.1) is 0 Å². The molecule has 0 fully saturated rings. The Morgan fingerprint density at radius 2 is 1.36 bits per heavy atom. The number of hydrogen-bond acceptors (Lipinski definition) is 8. The van der Waals surface area contributed by atoms with E-state index >= 15 is 0 Å². The molecule has 0 saturated heterocycles. The van der Waals surface area contributed by atoms with Crippen LogP contribution in [0.4, 0.5) is 0 Å². The van der Waals surface area contributed by atoms with Crippen molar-refractivity contribution in [3.63, 3.8) is 0 Å². The third-order valence-electron chi connectivity index (χ3n) is 4.15. The molecular formula is C20H34Gd2N6O8-2. The van der Waals surface area contributed by atoms with E-state index in [1.54, 1.807) is 0 Å². The Labute approximate surface area is 274 Å². The first-order valence-electron chi connectivity index (χ1n) is 10.5. The minimum Gasteiger partial charge on any atom is -0.481 e. The summed E-state index contributed by atoms with van der Waals surface area (Å²) in [6.45, 7) is 10.9. The van der Waals surface area contributed by atoms with Crippen molar-refractivity contribution in [3.05, 3.63) is 13.8 Å². The van der Waals surface area contributed by atoms with Crippen LogP contribution in [0, 0.1) is 99.6 Å². The van der Waals surface area contributed by atoms with Gasteiger partial charge < -0.3 is 60.2 Å². The van der Waals surface area contributed by atoms with Crippen LogP contribution in [0.3, 0.4) is 0 Å². The van der Waals surface area contributed by atoms with Gasteiger partial charge in [-0.25, -0.2) is 0 Å². The van der Waals surface area contributed by atoms with Crippen LogP contribution in [-0.4, -0.2) is 83.3 Å². The Bertz CT molecular complexity index is 740. The predicted octanol–water partition coefficient (Wildman–Crippen LogP) is -3.25. The van der Waals surface area contributed by atoms with Crippen molar-refractivity contribution in [1.82, 2.24) is 31.9 Å². The number of carboxylic acids is 1. The number of amides is 5. The minimum atomic E-state index is -1.51. The van der Waals surface area contributed by atoms with Gasteiger partial charge in [0.1, 0.15) is 12.3 Å². The fourth-order valence-corrected chi connectivity index (χ4v) is 2.80. The number of aliphatic hydroxyl groups excluding tert-OH is 1. The Morgan fingerprint density at radius 3 is 1.78 bits per heavy atom. The van der Waals surface area contributed by atoms with Crippen LogP contribution in [0.25, 0.3) is 0 Å². The summed E-state index contributed by atoms with van der Waals surface area (Å²) < 4.78 is 0. The zero-order chi connectivity index (χ0) is 26.4. The van der Waals surface area contributed by atoms with Crippen molar-refractivity contribution in [2.75, 3.05) is 13.1 Å². The first kappa shape index (κ1) is 39.6. The summed E-state index contributed by atoms with van der Waals surface area (Å²) in [7, 11) is 0. The van der Waals surface area contributed by atoms with E-state index in [9.17, 15) is 33.9 Å². The number of nitrogens with one attached hydrogen (secondary N) is 6. The molecule has 3 atom stereocenters. The van der Waals surface area contributed by atoms with Gasteiger partial charge in [0.05, 0.1) is 24.3 Å². The van der Waals surface area contributed by atoms with Gasteiger partial charge in [-0.3, -0.25) is 24.5 Å². The summed E-state index contributed by atoms with van der Waals surface area (Å²) in [6, 6.07) is -2.16. The van der Waals surface area contributed by atoms with Gasteiger partial charge in [0.25, 0.3) is 5.91 Å². The number of aliphatic hydroxyl groups is 1. The van der Waals surface area contributed by atoms with E-state index in [0.717, 1.165) is 0 Å². The summed E-state index contributed by atoms with van der Waals surface area (Å²) in [5, 5.41) is 33.6. The molecule has 0 saturated carbocycles. The molecule has 36 heavy (non-hydrogen) atoms. The molecule has 8 N–H and O–H groups in total. The number of aliphatic carboxylic acids is 1. The molecule has 0 aromatic carbocycles. The van der Waals surface area contributed by atoms with Gasteiger partial charge in [-0.1, -0.05) is 13.8 Å². The molecule has 0 bridgehead atoms. The second-order valence-electron chi connectivity index (χ2n) is 7.85. The topological polar surface area (TPSA) is 215 Å². The Kier molecular flexibility index (Phi) is 23.2. The van der Waals surface area contributed by atoms with E-state index in [4.69, 9.17) is 5.11 Å². The third kappa shape index (κ3) is 19.3. The zero-order valence-electron chi connectivity index (χ0n) is 20.2. The molecule has 0 aliphatic rings. The fraction of sp³-hybridized carbons (Fsp3) is 0.600. The molecular weight excluding hydrogens is 767 g/mol. The van der Waals surface area contributed by atoms with Crippen molar-refractivity contribution < 1.29 is 119 Å². The van der Waals surface area contributed by atoms with Crippen molar-refractivity contribution >= 4 is 35.5 Å². The van der Waals surface area contributed by atoms with Crippen LogP contribution < -0.4 is 31.9 Å². The molecule has 0 aromatic rings. The first-order chi connectivity index (χ1) is 15.7. The number of rotatable bonds is 15. The number of carboxylic acid groups (broad SMARTS) is 1. The summed E-state index contributed by atoms with van der Waals surface area (Å²) in [4.78, 5) is 69.4. The third-order valence-corrected chi connectivity index (χ3v) is 4.15. The maximum Gasteiger partial charge on any atom is 0.305 e. The summed E-state index contributed by atoms with van der Waals surface area (Å²) in [5.74, 6) is -4.73. The SMILES string of the molecule is [CH2-]C(=O)NC(NC([CH2-])=O)C(=O)NCCN[C@H](O)[C@H](CC(=O)O)NC(=O)[C@H](CC(C)C)NC(C)=O.[Gd].[Gd]. The summed E-state index contributed by atoms with van der Waals surface area (Å²) >= 11 is 0. The summed E-state index contributed by atoms with van der Waals surface area (Å²) in [5.41, 5.74) is 0. The van der Waals surface area contributed by atoms with Crippen LogP contribution >= 0.6 is 0 Å². The first-order valence-corrected chi connectivity index (χ1v) is 10.5. The van der Waals surface area contributed by atoms with E-state index in [0.29, 0.717) is 6.42 Å². The Hall–Kier alpha value is -0.871. The number of carbonyl (C=O) groups is 6. The molecule has 5 amide bonds. The smallest absolute Gasteiger partial charge is 0.305 e. The second kappa shape index (κ2) is 21.1. The van der Waals surface area contributed by atoms with E-state index < -0.39 is 66.4 Å². The molecule has 210 valence electrons. The Balaban J connectivity index is -0.00000544. The molecule has 0 aromatic heterocycles. The van der Waals surface area contributed by atoms with Crippen molar-refractivity contribution in [2.45, 2.75) is 58.1 Å². The molecule has 0 unspecified atom stereocenters. The van der Waals surface area contributed by atoms with Crippen LogP contribution in [0.1, 0.15) is 33.6 Å². The molecule has 0 spiro atoms. The predicted molar refractivity (Wildman–Crippen MR) is 119 cm³/mol. The van der Waals surface area contributed by atoms with Gasteiger partial charge in [0.2, 0.25) is 11.8 Å². The van der Waals surface area contributed by atoms with Crippen LogP contribution in [-0.2, 0) is 28.8 Å². The average molecular weight is 801 g/mol. The Morgan fingerprint density at radius 1 is 0.833 bits per heavy atom. The minimum absolute atomic E-state index is 0. The van der Waals surface area contributed by atoms with Crippen molar-refractivity contribution in [2.24, 2.45) is 5.92 Å². The van der Waals surface area contributed by atoms with Crippen molar-refractivity contribution in [1.29, 1.82) is 0 Å². The van der Waals surface area contributed by atoms with Gasteiger partial charge >= 0.3 is 5.97 Å². The summed E-state index contributed by atoms with van der Waals surface area (Å²) in [6.07, 6.45) is -3.24. The maximum atomic E-state index is 12.6. The van der Waals surface area contributed by atoms with Crippen LogP contribution in [0.5, 0.6) is 0 Å². The molecule has 0 heterocycles. The van der Waals surface area contributed by atoms with E-state index in [1.165, 1.54) is 6.92 Å². The molecule has 0 aliphatic carbocycles. The largest absolute Gasteiger partial charge is 0.481 e. The van der Waals surface area contributed by atoms with Gasteiger partial charge in [0, 0.05) is 99.9 Å². The van der Waals surface area contributed by atoms with Gasteiger partial charge in [-0.2, -0.15) is 0 Å². The molecule has 0 rings (SSSR count). The molecule has 16 heteroatoms. The number of hydrogen-bond donors (Lipinski definition) is 8. The fourth-order valence-electron chi connectivity index (χ4n) is 2.80.